The Bertz CT molecular complexity index is 1180. The number of carbonyl (C=O) groups is 1. The van der Waals surface area contributed by atoms with Crippen LogP contribution in [0.25, 0.3) is 23.0 Å². The lowest BCUT2D eigenvalue weighted by molar-refractivity contribution is -0.121. The summed E-state index contributed by atoms with van der Waals surface area (Å²) < 4.78 is 20.4. The molecular weight excluding hydrogens is 407 g/mol. The Labute approximate surface area is 177 Å². The van der Waals surface area contributed by atoms with Gasteiger partial charge in [0, 0.05) is 18.3 Å². The lowest BCUT2D eigenvalue weighted by Crippen LogP contribution is -2.27. The van der Waals surface area contributed by atoms with Crippen molar-refractivity contribution in [3.05, 3.63) is 82.8 Å². The van der Waals surface area contributed by atoms with E-state index in [9.17, 15) is 9.18 Å². The van der Waals surface area contributed by atoms with E-state index in [0.717, 1.165) is 11.1 Å². The molecule has 0 unspecified atom stereocenters. The molecule has 0 saturated carbocycles. The van der Waals surface area contributed by atoms with Gasteiger partial charge in [0.25, 0.3) is 5.89 Å². The van der Waals surface area contributed by atoms with Gasteiger partial charge in [-0.2, -0.15) is 4.98 Å². The van der Waals surface area contributed by atoms with Crippen molar-refractivity contribution in [2.45, 2.75) is 20.0 Å². The first-order valence-electron chi connectivity index (χ1n) is 9.26. The third-order valence-corrected chi connectivity index (χ3v) is 4.86. The Balaban J connectivity index is 1.43. The molecule has 2 aromatic carbocycles. The molecule has 0 spiro atoms. The maximum Gasteiger partial charge on any atom is 0.274 e. The molecule has 1 amide bonds. The maximum absolute atomic E-state index is 13.2. The second-order valence-corrected chi connectivity index (χ2v) is 7.24. The summed E-state index contributed by atoms with van der Waals surface area (Å²) in [6.45, 7) is 2.32. The quantitative estimate of drug-likeness (QED) is 0.490. The topological polar surface area (TPSA) is 73.0 Å². The number of amides is 1. The van der Waals surface area contributed by atoms with Gasteiger partial charge in [-0.3, -0.25) is 4.79 Å². The summed E-state index contributed by atoms with van der Waals surface area (Å²) in [5.41, 5.74) is 3.35. The van der Waals surface area contributed by atoms with Crippen molar-refractivity contribution in [1.82, 2.24) is 20.0 Å². The van der Waals surface area contributed by atoms with Crippen LogP contribution in [-0.2, 0) is 17.9 Å². The standard InChI is InChI=1S/C22H18ClFN4O2/c1-14-4-7-16(8-5-14)21-26-22(30-27-21)19-3-2-10-28(19)13-20(29)25-12-15-6-9-18(24)17(23)11-15/h2-11H,12-13H2,1H3,(H,25,29). The van der Waals surface area contributed by atoms with Crippen molar-refractivity contribution in [2.75, 3.05) is 0 Å². The van der Waals surface area contributed by atoms with Gasteiger partial charge in [0.2, 0.25) is 11.7 Å². The molecular formula is C22H18ClFN4O2. The first kappa shape index (κ1) is 19.8. The molecule has 1 N–H and O–H groups in total. The zero-order chi connectivity index (χ0) is 21.1. The highest BCUT2D eigenvalue weighted by atomic mass is 35.5. The van der Waals surface area contributed by atoms with E-state index in [1.807, 2.05) is 31.2 Å². The average Bonchev–Trinajstić information content (AvgIpc) is 3.39. The smallest absolute Gasteiger partial charge is 0.274 e. The maximum atomic E-state index is 13.2. The van der Waals surface area contributed by atoms with Crippen molar-refractivity contribution >= 4 is 17.5 Å². The zero-order valence-corrected chi connectivity index (χ0v) is 16.9. The number of rotatable bonds is 6. The van der Waals surface area contributed by atoms with Crippen molar-refractivity contribution in [2.24, 2.45) is 0 Å². The van der Waals surface area contributed by atoms with E-state index < -0.39 is 5.82 Å². The van der Waals surface area contributed by atoms with Crippen LogP contribution >= 0.6 is 11.6 Å². The van der Waals surface area contributed by atoms with E-state index in [1.165, 1.54) is 12.1 Å². The van der Waals surface area contributed by atoms with Gasteiger partial charge in [-0.05, 0) is 36.8 Å². The van der Waals surface area contributed by atoms with Crippen LogP contribution in [0.2, 0.25) is 5.02 Å². The minimum Gasteiger partial charge on any atom is -0.350 e. The van der Waals surface area contributed by atoms with Gasteiger partial charge in [0.1, 0.15) is 18.1 Å². The van der Waals surface area contributed by atoms with Crippen molar-refractivity contribution < 1.29 is 13.7 Å². The van der Waals surface area contributed by atoms with Crippen LogP contribution in [0, 0.1) is 12.7 Å². The number of nitrogens with zero attached hydrogens (tertiary/aromatic N) is 3. The predicted molar refractivity (Wildman–Crippen MR) is 111 cm³/mol. The van der Waals surface area contributed by atoms with Crippen LogP contribution in [0.5, 0.6) is 0 Å². The molecule has 0 radical (unpaired) electrons. The van der Waals surface area contributed by atoms with Crippen LogP contribution in [0.4, 0.5) is 4.39 Å². The van der Waals surface area contributed by atoms with Gasteiger partial charge in [-0.25, -0.2) is 4.39 Å². The second-order valence-electron chi connectivity index (χ2n) is 6.84. The first-order valence-corrected chi connectivity index (χ1v) is 9.64. The number of hydrogen-bond donors (Lipinski definition) is 1. The van der Waals surface area contributed by atoms with Gasteiger partial charge < -0.3 is 14.4 Å². The molecule has 2 heterocycles. The summed E-state index contributed by atoms with van der Waals surface area (Å²) in [6.07, 6.45) is 1.76. The van der Waals surface area contributed by atoms with Crippen LogP contribution in [-0.4, -0.2) is 20.6 Å². The van der Waals surface area contributed by atoms with Crippen LogP contribution in [0.1, 0.15) is 11.1 Å². The highest BCUT2D eigenvalue weighted by Crippen LogP contribution is 2.23. The van der Waals surface area contributed by atoms with E-state index in [4.69, 9.17) is 16.1 Å². The fourth-order valence-corrected chi connectivity index (χ4v) is 3.16. The summed E-state index contributed by atoms with van der Waals surface area (Å²) in [4.78, 5) is 16.8. The zero-order valence-electron chi connectivity index (χ0n) is 16.1. The Morgan fingerprint density at radius 2 is 2.00 bits per heavy atom. The van der Waals surface area contributed by atoms with Crippen LogP contribution in [0.3, 0.4) is 0 Å². The van der Waals surface area contributed by atoms with Gasteiger partial charge in [-0.1, -0.05) is 52.7 Å². The fourth-order valence-electron chi connectivity index (χ4n) is 2.95. The van der Waals surface area contributed by atoms with Crippen molar-refractivity contribution in [1.29, 1.82) is 0 Å². The molecule has 0 aliphatic carbocycles. The number of nitrogens with one attached hydrogen (secondary N) is 1. The van der Waals surface area contributed by atoms with Gasteiger partial charge >= 0.3 is 0 Å². The SMILES string of the molecule is Cc1ccc(-c2noc(-c3cccn3CC(=O)NCc3ccc(F)c(Cl)c3)n2)cc1. The summed E-state index contributed by atoms with van der Waals surface area (Å²) in [5, 5.41) is 6.86. The third kappa shape index (κ3) is 4.41. The fraction of sp³-hybridized carbons (Fsp3) is 0.136. The molecule has 8 heteroatoms. The van der Waals surface area contributed by atoms with E-state index >= 15 is 0 Å². The molecule has 152 valence electrons. The lowest BCUT2D eigenvalue weighted by atomic mass is 10.1. The van der Waals surface area contributed by atoms with Gasteiger partial charge in [-0.15, -0.1) is 0 Å². The molecule has 0 atom stereocenters. The van der Waals surface area contributed by atoms with Crippen molar-refractivity contribution in [3.63, 3.8) is 0 Å². The minimum atomic E-state index is -0.492. The molecule has 0 aliphatic heterocycles. The summed E-state index contributed by atoms with van der Waals surface area (Å²) in [6, 6.07) is 15.8. The summed E-state index contributed by atoms with van der Waals surface area (Å²) >= 11 is 5.77. The normalized spacial score (nSPS) is 10.9. The van der Waals surface area contributed by atoms with Gasteiger partial charge in [0.15, 0.2) is 0 Å². The molecule has 4 rings (SSSR count). The summed E-state index contributed by atoms with van der Waals surface area (Å²) in [7, 11) is 0. The van der Waals surface area contributed by atoms with Crippen LogP contribution in [0.15, 0.2) is 65.3 Å². The number of halogens is 2. The van der Waals surface area contributed by atoms with E-state index in [0.29, 0.717) is 23.0 Å². The predicted octanol–water partition coefficient (Wildman–Crippen LogP) is 4.62. The highest BCUT2D eigenvalue weighted by Gasteiger charge is 2.15. The van der Waals surface area contributed by atoms with E-state index in [2.05, 4.69) is 15.5 Å². The molecule has 0 saturated heterocycles. The molecule has 0 fully saturated rings. The number of carbonyl (C=O) groups excluding carboxylic acids is 1. The summed E-state index contributed by atoms with van der Waals surface area (Å²) in [5.74, 6) is 0.101. The minimum absolute atomic E-state index is 0.0234. The highest BCUT2D eigenvalue weighted by molar-refractivity contribution is 6.30. The second kappa shape index (κ2) is 8.51. The Morgan fingerprint density at radius 1 is 1.20 bits per heavy atom. The number of benzene rings is 2. The first-order chi connectivity index (χ1) is 14.5. The molecule has 30 heavy (non-hydrogen) atoms. The number of aryl methyl sites for hydroxylation is 1. The number of hydrogen-bond acceptors (Lipinski definition) is 4. The van der Waals surface area contributed by atoms with Crippen molar-refractivity contribution in [3.8, 4) is 23.0 Å². The van der Waals surface area contributed by atoms with E-state index in [1.54, 1.807) is 29.0 Å². The Morgan fingerprint density at radius 3 is 2.77 bits per heavy atom. The Kier molecular flexibility index (Phi) is 5.63. The molecule has 6 nitrogen and oxygen atoms in total. The molecule has 0 aliphatic rings. The number of aromatic nitrogens is 3. The third-order valence-electron chi connectivity index (χ3n) is 4.57. The Hall–Kier alpha value is -3.45. The lowest BCUT2D eigenvalue weighted by Gasteiger charge is -2.08. The molecule has 4 aromatic rings. The monoisotopic (exact) mass is 424 g/mol. The van der Waals surface area contributed by atoms with E-state index in [-0.39, 0.29) is 24.0 Å². The largest absolute Gasteiger partial charge is 0.350 e. The van der Waals surface area contributed by atoms with Crippen LogP contribution < -0.4 is 5.32 Å². The average molecular weight is 425 g/mol. The van der Waals surface area contributed by atoms with Gasteiger partial charge in [0.05, 0.1) is 5.02 Å². The molecule has 0 bridgehead atoms. The molecule has 2 aromatic heterocycles.